The van der Waals surface area contributed by atoms with Crippen LogP contribution in [0.2, 0.25) is 0 Å². The first-order valence-corrected chi connectivity index (χ1v) is 7.75. The summed E-state index contributed by atoms with van der Waals surface area (Å²) in [6.07, 6.45) is 0. The molecular weight excluding hydrogens is 340 g/mol. The molecule has 0 atom stereocenters. The molecule has 26 heavy (non-hydrogen) atoms. The summed E-state index contributed by atoms with van der Waals surface area (Å²) in [7, 11) is 7.25. The average molecular weight is 362 g/mol. The van der Waals surface area contributed by atoms with Gasteiger partial charge in [-0.1, -0.05) is 0 Å². The van der Waals surface area contributed by atoms with Gasteiger partial charge in [0.05, 0.1) is 47.7 Å². The predicted octanol–water partition coefficient (Wildman–Crippen LogP) is 2.67. The Bertz CT molecular complexity index is 799. The Morgan fingerprint density at radius 1 is 0.923 bits per heavy atom. The van der Waals surface area contributed by atoms with Gasteiger partial charge in [0.2, 0.25) is 5.75 Å². The van der Waals surface area contributed by atoms with E-state index in [-0.39, 0.29) is 12.2 Å². The Morgan fingerprint density at radius 3 is 2.12 bits per heavy atom. The molecule has 1 N–H and O–H groups in total. The molecule has 0 aliphatic heterocycles. The number of carbonyl (C=O) groups is 1. The maximum absolute atomic E-state index is 12.3. The molecule has 0 heterocycles. The second kappa shape index (κ2) is 8.44. The van der Waals surface area contributed by atoms with Gasteiger partial charge in [-0.3, -0.25) is 0 Å². The van der Waals surface area contributed by atoms with Gasteiger partial charge in [-0.2, -0.15) is 0 Å². The van der Waals surface area contributed by atoms with Crippen molar-refractivity contribution in [3.63, 3.8) is 0 Å². The van der Waals surface area contributed by atoms with Crippen LogP contribution >= 0.6 is 0 Å². The zero-order valence-electron chi connectivity index (χ0n) is 15.4. The Hall–Kier alpha value is -2.93. The van der Waals surface area contributed by atoms with E-state index in [9.17, 15) is 9.90 Å². The first-order valence-electron chi connectivity index (χ1n) is 7.75. The minimum Gasteiger partial charge on any atom is -0.497 e. The topological polar surface area (TPSA) is 83.5 Å². The maximum Gasteiger partial charge on any atom is 0.338 e. The fourth-order valence-corrected chi connectivity index (χ4v) is 2.77. The minimum atomic E-state index is -0.542. The summed E-state index contributed by atoms with van der Waals surface area (Å²) >= 11 is 0. The molecule has 2 aromatic rings. The highest BCUT2D eigenvalue weighted by atomic mass is 16.5. The molecule has 0 unspecified atom stereocenters. The van der Waals surface area contributed by atoms with Gasteiger partial charge in [0.1, 0.15) is 5.75 Å². The molecule has 0 fully saturated rings. The molecule has 0 aliphatic rings. The third kappa shape index (κ3) is 3.39. The molecule has 0 spiro atoms. The average Bonchev–Trinajstić information content (AvgIpc) is 2.70. The van der Waals surface area contributed by atoms with Gasteiger partial charge in [0.15, 0.2) is 11.5 Å². The van der Waals surface area contributed by atoms with E-state index in [4.69, 9.17) is 23.7 Å². The van der Waals surface area contributed by atoms with Gasteiger partial charge in [-0.25, -0.2) is 4.79 Å². The van der Waals surface area contributed by atoms with E-state index in [1.54, 1.807) is 24.3 Å². The molecule has 140 valence electrons. The van der Waals surface area contributed by atoms with E-state index in [2.05, 4.69) is 0 Å². The molecule has 2 rings (SSSR count). The van der Waals surface area contributed by atoms with Crippen LogP contribution in [0, 0.1) is 0 Å². The van der Waals surface area contributed by atoms with Crippen LogP contribution in [0.4, 0.5) is 0 Å². The summed E-state index contributed by atoms with van der Waals surface area (Å²) in [6, 6.07) is 6.62. The van der Waals surface area contributed by atoms with E-state index in [0.717, 1.165) is 0 Å². The Balaban J connectivity index is 2.89. The highest BCUT2D eigenvalue weighted by molar-refractivity contribution is 5.99. The Kier molecular flexibility index (Phi) is 6.30. The van der Waals surface area contributed by atoms with Crippen molar-refractivity contribution in [3.8, 4) is 34.1 Å². The number of carbonyl (C=O) groups excluding carboxylic acids is 1. The molecule has 0 aromatic heterocycles. The molecule has 0 radical (unpaired) electrons. The van der Waals surface area contributed by atoms with Crippen molar-refractivity contribution in [1.82, 2.24) is 0 Å². The van der Waals surface area contributed by atoms with Gasteiger partial charge < -0.3 is 28.8 Å². The monoisotopic (exact) mass is 362 g/mol. The Morgan fingerprint density at radius 2 is 1.62 bits per heavy atom. The summed E-state index contributed by atoms with van der Waals surface area (Å²) in [5.41, 5.74) is 1.80. The number of rotatable bonds is 7. The summed E-state index contributed by atoms with van der Waals surface area (Å²) in [5, 5.41) is 9.88. The van der Waals surface area contributed by atoms with E-state index < -0.39 is 5.97 Å². The second-order valence-electron chi connectivity index (χ2n) is 5.24. The SMILES string of the molecule is COC(=O)c1cc(OC)ccc1-c1c(CO)cc(OC)c(OC)c1OC. The Labute approximate surface area is 152 Å². The molecule has 0 saturated heterocycles. The van der Waals surface area contributed by atoms with E-state index >= 15 is 0 Å². The minimum absolute atomic E-state index is 0.270. The van der Waals surface area contributed by atoms with Crippen molar-refractivity contribution in [1.29, 1.82) is 0 Å². The lowest BCUT2D eigenvalue weighted by atomic mass is 9.93. The van der Waals surface area contributed by atoms with E-state index in [1.165, 1.54) is 35.5 Å². The molecule has 7 heteroatoms. The summed E-state index contributed by atoms with van der Waals surface area (Å²) in [4.78, 5) is 12.3. The molecule has 2 aromatic carbocycles. The maximum atomic E-state index is 12.3. The molecule has 0 bridgehead atoms. The van der Waals surface area contributed by atoms with Crippen molar-refractivity contribution in [2.24, 2.45) is 0 Å². The molecule has 0 amide bonds. The number of methoxy groups -OCH3 is 5. The second-order valence-corrected chi connectivity index (χ2v) is 5.24. The predicted molar refractivity (Wildman–Crippen MR) is 95.3 cm³/mol. The summed E-state index contributed by atoms with van der Waals surface area (Å²) in [5.74, 6) is 1.06. The van der Waals surface area contributed by atoms with Crippen molar-refractivity contribution in [2.75, 3.05) is 35.5 Å². The van der Waals surface area contributed by atoms with Crippen molar-refractivity contribution in [2.45, 2.75) is 6.61 Å². The van der Waals surface area contributed by atoms with E-state index in [0.29, 0.717) is 39.7 Å². The third-order valence-corrected chi connectivity index (χ3v) is 3.98. The summed E-state index contributed by atoms with van der Waals surface area (Å²) in [6.45, 7) is -0.293. The number of aliphatic hydroxyl groups is 1. The summed E-state index contributed by atoms with van der Waals surface area (Å²) < 4.78 is 26.4. The van der Waals surface area contributed by atoms with Crippen LogP contribution in [-0.4, -0.2) is 46.6 Å². The zero-order valence-corrected chi connectivity index (χ0v) is 15.4. The zero-order chi connectivity index (χ0) is 19.3. The molecule has 0 saturated carbocycles. The van der Waals surface area contributed by atoms with Gasteiger partial charge in [-0.05, 0) is 29.8 Å². The van der Waals surface area contributed by atoms with Crippen molar-refractivity contribution >= 4 is 5.97 Å². The van der Waals surface area contributed by atoms with Crippen LogP contribution in [0.15, 0.2) is 24.3 Å². The van der Waals surface area contributed by atoms with Gasteiger partial charge in [-0.15, -0.1) is 0 Å². The lowest BCUT2D eigenvalue weighted by Crippen LogP contribution is -2.07. The fraction of sp³-hybridized carbons (Fsp3) is 0.316. The first-order chi connectivity index (χ1) is 12.6. The number of esters is 1. The van der Waals surface area contributed by atoms with Gasteiger partial charge in [0.25, 0.3) is 0 Å². The third-order valence-electron chi connectivity index (χ3n) is 3.98. The largest absolute Gasteiger partial charge is 0.497 e. The smallest absolute Gasteiger partial charge is 0.338 e. The van der Waals surface area contributed by atoms with Gasteiger partial charge >= 0.3 is 5.97 Å². The number of hydrogen-bond acceptors (Lipinski definition) is 7. The van der Waals surface area contributed by atoms with Crippen LogP contribution in [0.25, 0.3) is 11.1 Å². The normalized spacial score (nSPS) is 10.2. The number of ether oxygens (including phenoxy) is 5. The quantitative estimate of drug-likeness (QED) is 0.758. The molecular formula is C19H22O7. The van der Waals surface area contributed by atoms with Crippen LogP contribution < -0.4 is 18.9 Å². The van der Waals surface area contributed by atoms with Crippen LogP contribution in [0.1, 0.15) is 15.9 Å². The first kappa shape index (κ1) is 19.4. The lowest BCUT2D eigenvalue weighted by Gasteiger charge is -2.20. The van der Waals surface area contributed by atoms with Crippen molar-refractivity contribution < 1.29 is 33.6 Å². The van der Waals surface area contributed by atoms with Crippen LogP contribution in [-0.2, 0) is 11.3 Å². The number of hydrogen-bond donors (Lipinski definition) is 1. The standard InChI is InChI=1S/C19H22O7/c1-22-12-6-7-13(14(9-12)19(21)26-5)16-11(10-20)8-15(23-2)17(24-3)18(16)25-4/h6-9,20H,10H2,1-5H3. The molecule has 7 nitrogen and oxygen atoms in total. The van der Waals surface area contributed by atoms with E-state index in [1.807, 2.05) is 0 Å². The van der Waals surface area contributed by atoms with Crippen molar-refractivity contribution in [3.05, 3.63) is 35.4 Å². The highest BCUT2D eigenvalue weighted by Crippen LogP contribution is 2.48. The number of benzene rings is 2. The highest BCUT2D eigenvalue weighted by Gasteiger charge is 2.25. The lowest BCUT2D eigenvalue weighted by molar-refractivity contribution is 0.0601. The number of aliphatic hydroxyl groups excluding tert-OH is 1. The van der Waals surface area contributed by atoms with Crippen LogP contribution in [0.3, 0.4) is 0 Å². The molecule has 0 aliphatic carbocycles. The van der Waals surface area contributed by atoms with Crippen LogP contribution in [0.5, 0.6) is 23.0 Å². The fourth-order valence-electron chi connectivity index (χ4n) is 2.77. The van der Waals surface area contributed by atoms with Gasteiger partial charge in [0, 0.05) is 11.1 Å².